The van der Waals surface area contributed by atoms with Gasteiger partial charge in [0.2, 0.25) is 0 Å². The van der Waals surface area contributed by atoms with E-state index in [9.17, 15) is 9.59 Å². The predicted octanol–water partition coefficient (Wildman–Crippen LogP) is 3.58. The number of fused-ring (bicyclic) bond motifs is 5. The van der Waals surface area contributed by atoms with Gasteiger partial charge in [-0.15, -0.1) is 0 Å². The molecule has 34 heavy (non-hydrogen) atoms. The molecule has 2 aromatic rings. The number of aryl methyl sites for hydroxylation is 1. The van der Waals surface area contributed by atoms with Crippen molar-refractivity contribution in [2.45, 2.75) is 51.1 Å². The Balaban J connectivity index is 1.20. The molecule has 0 radical (unpaired) electrons. The van der Waals surface area contributed by atoms with Crippen LogP contribution in [0.3, 0.4) is 0 Å². The number of carbonyl (C=O) groups excluding carboxylic acids is 2. The molecule has 10 heteroatoms. The molecule has 3 saturated heterocycles. The highest BCUT2D eigenvalue weighted by molar-refractivity contribution is 6.00. The van der Waals surface area contributed by atoms with E-state index < -0.39 is 12.0 Å². The van der Waals surface area contributed by atoms with E-state index in [0.717, 1.165) is 5.56 Å². The molecule has 4 atom stereocenters. The summed E-state index contributed by atoms with van der Waals surface area (Å²) < 4.78 is 18.1. The summed E-state index contributed by atoms with van der Waals surface area (Å²) in [7, 11) is 1.84. The van der Waals surface area contributed by atoms with Gasteiger partial charge in [0.15, 0.2) is 12.0 Å². The monoisotopic (exact) mass is 467 g/mol. The number of likely N-dealkylation sites (N-methyl/N-ethyl adjacent to an activating group) is 1. The summed E-state index contributed by atoms with van der Waals surface area (Å²) in [5, 5.41) is 11.8. The summed E-state index contributed by atoms with van der Waals surface area (Å²) in [4.78, 5) is 25.4. The van der Waals surface area contributed by atoms with Gasteiger partial charge in [-0.2, -0.15) is 0 Å². The third-order valence-electron chi connectivity index (χ3n) is 6.06. The normalized spacial score (nSPS) is 27.2. The average molecular weight is 468 g/mol. The van der Waals surface area contributed by atoms with Crippen LogP contribution in [0.5, 0.6) is 0 Å². The van der Waals surface area contributed by atoms with E-state index >= 15 is 0 Å². The summed E-state index contributed by atoms with van der Waals surface area (Å²) in [6.07, 6.45) is -1.28. The second kappa shape index (κ2) is 8.55. The van der Waals surface area contributed by atoms with E-state index in [1.165, 1.54) is 5.01 Å². The van der Waals surface area contributed by atoms with Crippen LogP contribution < -0.4 is 16.0 Å². The van der Waals surface area contributed by atoms with Crippen molar-refractivity contribution in [3.05, 3.63) is 54.1 Å². The molecular weight excluding hydrogens is 438 g/mol. The van der Waals surface area contributed by atoms with E-state index in [2.05, 4.69) is 16.0 Å². The van der Waals surface area contributed by atoms with Crippen molar-refractivity contribution in [1.29, 1.82) is 0 Å². The quantitative estimate of drug-likeness (QED) is 0.638. The van der Waals surface area contributed by atoms with E-state index in [1.807, 2.05) is 57.1 Å². The first-order valence-electron chi connectivity index (χ1n) is 11.3. The molecule has 3 aliphatic rings. The van der Waals surface area contributed by atoms with Gasteiger partial charge in [-0.3, -0.25) is 0 Å². The fourth-order valence-corrected chi connectivity index (χ4v) is 4.65. The lowest BCUT2D eigenvalue weighted by molar-refractivity contribution is -0.247. The van der Waals surface area contributed by atoms with Gasteiger partial charge in [0.1, 0.15) is 18.3 Å². The van der Waals surface area contributed by atoms with Gasteiger partial charge in [-0.25, -0.2) is 19.6 Å². The number of benzene rings is 2. The Hall–Kier alpha value is -3.18. The smallest absolute Gasteiger partial charge is 0.338 e. The topological polar surface area (TPSA) is 104 Å². The largest absolute Gasteiger partial charge is 0.346 e. The highest BCUT2D eigenvalue weighted by Crippen LogP contribution is 2.42. The number of nitrogens with one attached hydrogen (secondary N) is 3. The number of hydrogen-bond donors (Lipinski definition) is 3. The summed E-state index contributed by atoms with van der Waals surface area (Å²) >= 11 is 0. The number of amides is 4. The highest BCUT2D eigenvalue weighted by atomic mass is 16.8. The number of anilines is 3. The van der Waals surface area contributed by atoms with Crippen LogP contribution >= 0.6 is 0 Å². The summed E-state index contributed by atoms with van der Waals surface area (Å²) in [5.74, 6) is -0.706. The van der Waals surface area contributed by atoms with Crippen molar-refractivity contribution >= 4 is 29.1 Å². The van der Waals surface area contributed by atoms with Crippen LogP contribution in [0.2, 0.25) is 0 Å². The number of rotatable bonds is 3. The third-order valence-corrected chi connectivity index (χ3v) is 6.06. The molecular formula is C24H29N5O5. The molecule has 5 rings (SSSR count). The molecule has 0 saturated carbocycles. The van der Waals surface area contributed by atoms with Crippen molar-refractivity contribution in [2.75, 3.05) is 29.5 Å². The summed E-state index contributed by atoms with van der Waals surface area (Å²) in [6, 6.07) is 13.8. The minimum atomic E-state index is -0.706. The Labute approximate surface area is 198 Å². The van der Waals surface area contributed by atoms with Crippen molar-refractivity contribution in [1.82, 2.24) is 10.0 Å². The molecule has 3 fully saturated rings. The maximum atomic E-state index is 13.1. The Kier molecular flexibility index (Phi) is 5.68. The molecule has 2 bridgehead atoms. The minimum Gasteiger partial charge on any atom is -0.346 e. The van der Waals surface area contributed by atoms with Gasteiger partial charge < -0.3 is 30.2 Å². The SMILES string of the molecule is Cc1cccc(NC(=O)Nc2ccc(NC(=O)N3[C@@H]4O[C@H](CN3C)[C@H]3OC(C)(C)O[C@H]34)cc2)c1. The molecule has 2 aromatic carbocycles. The fraction of sp³-hybridized carbons (Fsp3) is 0.417. The summed E-state index contributed by atoms with van der Waals surface area (Å²) in [6.45, 7) is 6.21. The lowest BCUT2D eigenvalue weighted by Crippen LogP contribution is -2.59. The number of carbonyl (C=O) groups is 2. The molecule has 3 heterocycles. The van der Waals surface area contributed by atoms with Crippen LogP contribution in [-0.4, -0.2) is 66.0 Å². The van der Waals surface area contributed by atoms with Crippen LogP contribution in [0.1, 0.15) is 19.4 Å². The van der Waals surface area contributed by atoms with Crippen LogP contribution in [-0.2, 0) is 14.2 Å². The van der Waals surface area contributed by atoms with Crippen molar-refractivity contribution in [3.63, 3.8) is 0 Å². The maximum absolute atomic E-state index is 13.1. The van der Waals surface area contributed by atoms with Crippen molar-refractivity contribution in [3.8, 4) is 0 Å². The van der Waals surface area contributed by atoms with E-state index in [0.29, 0.717) is 23.6 Å². The fourth-order valence-electron chi connectivity index (χ4n) is 4.65. The van der Waals surface area contributed by atoms with Gasteiger partial charge in [0, 0.05) is 30.7 Å². The van der Waals surface area contributed by atoms with E-state index in [4.69, 9.17) is 14.2 Å². The first kappa shape index (κ1) is 22.6. The average Bonchev–Trinajstić information content (AvgIpc) is 3.21. The van der Waals surface area contributed by atoms with Crippen LogP contribution in [0.15, 0.2) is 48.5 Å². The standard InChI is InChI=1S/C24H29N5O5/c1-14-6-5-7-17(12-14)26-22(30)25-15-8-10-16(11-9-15)27-23(31)29-21-20-19(33-24(2,3)34-20)18(32-21)13-28(29)4/h5-12,18-21H,13H2,1-4H3,(H,27,31)(H2,25,26,30)/t18-,19-,20-,21-/m1/s1. The number of ether oxygens (including phenoxy) is 3. The molecule has 3 N–H and O–H groups in total. The van der Waals surface area contributed by atoms with Gasteiger partial charge >= 0.3 is 12.1 Å². The zero-order chi connectivity index (χ0) is 24.0. The summed E-state index contributed by atoms with van der Waals surface area (Å²) in [5.41, 5.74) is 2.96. The minimum absolute atomic E-state index is 0.151. The lowest BCUT2D eigenvalue weighted by atomic mass is 10.1. The second-order valence-corrected chi connectivity index (χ2v) is 9.27. The van der Waals surface area contributed by atoms with Crippen molar-refractivity contribution in [2.24, 2.45) is 0 Å². The molecule has 10 nitrogen and oxygen atoms in total. The number of nitrogens with zero attached hydrogens (tertiary/aromatic N) is 2. The molecule has 4 amide bonds. The lowest BCUT2D eigenvalue weighted by Gasteiger charge is -2.42. The Bertz CT molecular complexity index is 1090. The molecule has 0 spiro atoms. The number of hydrogen-bond acceptors (Lipinski definition) is 6. The maximum Gasteiger partial charge on any atom is 0.338 e. The molecule has 0 unspecified atom stereocenters. The Morgan fingerprint density at radius 3 is 2.29 bits per heavy atom. The third kappa shape index (κ3) is 4.45. The molecule has 0 aliphatic carbocycles. The van der Waals surface area contributed by atoms with Crippen LogP contribution in [0.25, 0.3) is 0 Å². The highest BCUT2D eigenvalue weighted by Gasteiger charge is 2.61. The first-order valence-corrected chi connectivity index (χ1v) is 11.3. The van der Waals surface area contributed by atoms with Gasteiger partial charge in [0.25, 0.3) is 0 Å². The van der Waals surface area contributed by atoms with E-state index in [1.54, 1.807) is 24.3 Å². The van der Waals surface area contributed by atoms with Gasteiger partial charge in [-0.1, -0.05) is 12.1 Å². The zero-order valence-electron chi connectivity index (χ0n) is 19.6. The Morgan fingerprint density at radius 2 is 1.59 bits per heavy atom. The second-order valence-electron chi connectivity index (χ2n) is 9.27. The molecule has 0 aromatic heterocycles. The van der Waals surface area contributed by atoms with Crippen LogP contribution in [0, 0.1) is 6.92 Å². The zero-order valence-corrected chi connectivity index (χ0v) is 19.6. The van der Waals surface area contributed by atoms with E-state index in [-0.39, 0.29) is 30.4 Å². The first-order chi connectivity index (χ1) is 16.2. The molecule has 180 valence electrons. The molecule has 3 aliphatic heterocycles. The van der Waals surface area contributed by atoms with Gasteiger partial charge in [0.05, 0.1) is 0 Å². The van der Waals surface area contributed by atoms with Gasteiger partial charge in [-0.05, 0) is 62.7 Å². The number of hydrazine groups is 1. The number of urea groups is 2. The Morgan fingerprint density at radius 1 is 0.941 bits per heavy atom. The predicted molar refractivity (Wildman–Crippen MR) is 126 cm³/mol. The van der Waals surface area contributed by atoms with Crippen LogP contribution in [0.4, 0.5) is 26.7 Å². The van der Waals surface area contributed by atoms with Crippen molar-refractivity contribution < 1.29 is 23.8 Å².